The van der Waals surface area contributed by atoms with Crippen LogP contribution in [0.2, 0.25) is 0 Å². The molecular formula is C39H66O12. The Hall–Kier alpha value is -0.740. The van der Waals surface area contributed by atoms with E-state index in [1.807, 2.05) is 0 Å². The van der Waals surface area contributed by atoms with Crippen molar-refractivity contribution in [1.82, 2.24) is 0 Å². The summed E-state index contributed by atoms with van der Waals surface area (Å²) < 4.78 is 24.4. The molecule has 8 N–H and O–H groups in total. The molecule has 4 aliphatic carbocycles. The first-order chi connectivity index (χ1) is 24.0. The van der Waals surface area contributed by atoms with Crippen LogP contribution in [0.25, 0.3) is 0 Å². The minimum atomic E-state index is -1.66. The lowest BCUT2D eigenvalue weighted by Gasteiger charge is -2.58. The van der Waals surface area contributed by atoms with Gasteiger partial charge in [-0.15, -0.1) is 0 Å². The predicted molar refractivity (Wildman–Crippen MR) is 186 cm³/mol. The Labute approximate surface area is 303 Å². The Bertz CT molecular complexity index is 1220. The van der Waals surface area contributed by atoms with E-state index in [1.54, 1.807) is 0 Å². The second-order valence-electron chi connectivity index (χ2n) is 18.0. The molecule has 294 valence electrons. The van der Waals surface area contributed by atoms with Gasteiger partial charge in [-0.3, -0.25) is 0 Å². The third kappa shape index (κ3) is 7.24. The molecule has 6 aliphatic rings. The smallest absolute Gasteiger partial charge is 0.187 e. The van der Waals surface area contributed by atoms with E-state index in [1.165, 1.54) is 12.5 Å². The highest BCUT2D eigenvalue weighted by Gasteiger charge is 2.63. The molecular weight excluding hydrogens is 660 g/mol. The summed E-state index contributed by atoms with van der Waals surface area (Å²) >= 11 is 0. The number of aliphatic hydroxyl groups is 8. The average molecular weight is 727 g/mol. The molecule has 0 spiro atoms. The van der Waals surface area contributed by atoms with Crippen LogP contribution in [0.1, 0.15) is 99.3 Å². The molecule has 0 bridgehead atoms. The van der Waals surface area contributed by atoms with Gasteiger partial charge in [0.25, 0.3) is 0 Å². The van der Waals surface area contributed by atoms with E-state index in [0.29, 0.717) is 30.6 Å². The van der Waals surface area contributed by atoms with Crippen molar-refractivity contribution in [2.75, 3.05) is 6.61 Å². The maximum atomic E-state index is 11.7. The maximum absolute atomic E-state index is 11.7. The predicted octanol–water partition coefficient (Wildman–Crippen LogP) is 2.01. The Morgan fingerprint density at radius 2 is 1.55 bits per heavy atom. The van der Waals surface area contributed by atoms with E-state index in [9.17, 15) is 40.9 Å². The van der Waals surface area contributed by atoms with E-state index in [0.717, 1.165) is 44.9 Å². The number of ether oxygens (including phenoxy) is 4. The molecule has 12 nitrogen and oxygen atoms in total. The molecule has 0 aromatic heterocycles. The fourth-order valence-corrected chi connectivity index (χ4v) is 11.5. The average Bonchev–Trinajstić information content (AvgIpc) is 3.39. The number of aliphatic hydroxyl groups excluding tert-OH is 8. The fourth-order valence-electron chi connectivity index (χ4n) is 11.5. The number of hydrogen-bond acceptors (Lipinski definition) is 12. The second-order valence-corrected chi connectivity index (χ2v) is 18.0. The van der Waals surface area contributed by atoms with Gasteiger partial charge in [0.2, 0.25) is 0 Å². The lowest BCUT2D eigenvalue weighted by atomic mass is 9.47. The van der Waals surface area contributed by atoms with Crippen molar-refractivity contribution in [3.63, 3.8) is 0 Å². The van der Waals surface area contributed by atoms with Gasteiger partial charge in [-0.05, 0) is 111 Å². The van der Waals surface area contributed by atoms with Gasteiger partial charge < -0.3 is 59.8 Å². The SMILES string of the molecule is CC(C)CCC(O)C(C)C1C(OC2OC(CO)C(O)C(OC3OC(C)C(O)C(O)C3O)C2O)CC2C3CC=C4CC(O)CCC4(C)C3CCC21C. The van der Waals surface area contributed by atoms with Crippen molar-refractivity contribution >= 4 is 0 Å². The van der Waals surface area contributed by atoms with E-state index in [2.05, 4.69) is 40.7 Å². The standard InChI is InChI=1S/C39H66O12/c1-18(2)7-10-26(42)19(3)29-27(16-25-23-9-8-21-15-22(41)11-13-38(21,5)24(23)12-14-39(25,29)6)49-37-34(47)35(31(44)28(17-40)50-37)51-36-33(46)32(45)30(43)20(4)48-36/h8,18-20,22-37,40-47H,7,9-17H2,1-6H3. The van der Waals surface area contributed by atoms with E-state index < -0.39 is 80.2 Å². The van der Waals surface area contributed by atoms with E-state index in [4.69, 9.17) is 18.9 Å². The molecule has 3 saturated carbocycles. The summed E-state index contributed by atoms with van der Waals surface area (Å²) in [5, 5.41) is 86.4. The molecule has 5 fully saturated rings. The molecule has 2 heterocycles. The van der Waals surface area contributed by atoms with Gasteiger partial charge in [-0.2, -0.15) is 0 Å². The third-order valence-corrected chi connectivity index (χ3v) is 14.6. The number of rotatable bonds is 10. The van der Waals surface area contributed by atoms with Gasteiger partial charge in [0.05, 0.1) is 31.0 Å². The van der Waals surface area contributed by atoms with Gasteiger partial charge >= 0.3 is 0 Å². The van der Waals surface area contributed by atoms with E-state index in [-0.39, 0.29) is 34.7 Å². The van der Waals surface area contributed by atoms with Gasteiger partial charge in [0, 0.05) is 0 Å². The molecule has 0 aromatic carbocycles. The summed E-state index contributed by atoms with van der Waals surface area (Å²) in [5.74, 6) is 1.40. The lowest BCUT2D eigenvalue weighted by molar-refractivity contribution is -0.362. The zero-order valence-corrected chi connectivity index (χ0v) is 31.3. The summed E-state index contributed by atoms with van der Waals surface area (Å²) in [6, 6.07) is 0. The van der Waals surface area contributed by atoms with Crippen LogP contribution < -0.4 is 0 Å². The zero-order chi connectivity index (χ0) is 37.2. The van der Waals surface area contributed by atoms with Crippen LogP contribution >= 0.6 is 0 Å². The van der Waals surface area contributed by atoms with Crippen LogP contribution in [0.5, 0.6) is 0 Å². The lowest BCUT2D eigenvalue weighted by Crippen LogP contribution is -2.64. The summed E-state index contributed by atoms with van der Waals surface area (Å²) in [4.78, 5) is 0. The van der Waals surface area contributed by atoms with Crippen molar-refractivity contribution in [3.8, 4) is 0 Å². The molecule has 2 saturated heterocycles. The highest BCUT2D eigenvalue weighted by Crippen LogP contribution is 2.68. The summed E-state index contributed by atoms with van der Waals surface area (Å²) in [7, 11) is 0. The number of fused-ring (bicyclic) bond motifs is 5. The maximum Gasteiger partial charge on any atom is 0.187 e. The van der Waals surface area contributed by atoms with Crippen molar-refractivity contribution in [3.05, 3.63) is 11.6 Å². The zero-order valence-electron chi connectivity index (χ0n) is 31.3. The molecule has 20 unspecified atom stereocenters. The third-order valence-electron chi connectivity index (χ3n) is 14.6. The van der Waals surface area contributed by atoms with Gasteiger partial charge in [0.15, 0.2) is 12.6 Å². The molecule has 2 aliphatic heterocycles. The quantitative estimate of drug-likeness (QED) is 0.153. The Morgan fingerprint density at radius 3 is 2.24 bits per heavy atom. The Kier molecular flexibility index (Phi) is 12.1. The van der Waals surface area contributed by atoms with Crippen LogP contribution in [0.4, 0.5) is 0 Å². The minimum absolute atomic E-state index is 0.0465. The Morgan fingerprint density at radius 1 is 0.843 bits per heavy atom. The van der Waals surface area contributed by atoms with Crippen LogP contribution in [0.3, 0.4) is 0 Å². The number of allylic oxidation sites excluding steroid dienone is 1. The van der Waals surface area contributed by atoms with Crippen molar-refractivity contribution in [1.29, 1.82) is 0 Å². The molecule has 12 heteroatoms. The molecule has 51 heavy (non-hydrogen) atoms. The first-order valence-electron chi connectivity index (χ1n) is 19.7. The highest BCUT2D eigenvalue weighted by molar-refractivity contribution is 5.26. The normalized spacial score (nSPS) is 51.3. The van der Waals surface area contributed by atoms with Crippen molar-refractivity contribution < 1.29 is 59.8 Å². The minimum Gasteiger partial charge on any atom is -0.394 e. The first-order valence-corrected chi connectivity index (χ1v) is 19.7. The van der Waals surface area contributed by atoms with Gasteiger partial charge in [-0.25, -0.2) is 0 Å². The molecule has 0 aromatic rings. The molecule has 20 atom stereocenters. The monoisotopic (exact) mass is 726 g/mol. The topological polar surface area (TPSA) is 199 Å². The summed E-state index contributed by atoms with van der Waals surface area (Å²) in [6.45, 7) is 12.1. The first kappa shape index (κ1) is 39.9. The number of hydrogen-bond donors (Lipinski definition) is 8. The van der Waals surface area contributed by atoms with Crippen LogP contribution in [-0.2, 0) is 18.9 Å². The van der Waals surface area contributed by atoms with Crippen LogP contribution in [-0.4, -0.2) is 127 Å². The molecule has 6 rings (SSSR count). The van der Waals surface area contributed by atoms with Gasteiger partial charge in [0.1, 0.15) is 42.7 Å². The van der Waals surface area contributed by atoms with E-state index >= 15 is 0 Å². The van der Waals surface area contributed by atoms with Crippen LogP contribution in [0.15, 0.2) is 11.6 Å². The van der Waals surface area contributed by atoms with Crippen molar-refractivity contribution in [2.24, 2.45) is 46.3 Å². The van der Waals surface area contributed by atoms with Gasteiger partial charge in [-0.1, -0.05) is 46.3 Å². The Balaban J connectivity index is 1.28. The van der Waals surface area contributed by atoms with Crippen LogP contribution in [0, 0.1) is 46.3 Å². The molecule has 0 amide bonds. The summed E-state index contributed by atoms with van der Waals surface area (Å²) in [5.41, 5.74) is 1.27. The summed E-state index contributed by atoms with van der Waals surface area (Å²) in [6.07, 6.45) is -5.07. The molecule has 0 radical (unpaired) electrons. The highest BCUT2D eigenvalue weighted by atomic mass is 16.7. The largest absolute Gasteiger partial charge is 0.394 e. The second kappa shape index (κ2) is 15.4. The fraction of sp³-hybridized carbons (Fsp3) is 0.949. The van der Waals surface area contributed by atoms with Crippen molar-refractivity contribution in [2.45, 2.75) is 179 Å².